The maximum absolute atomic E-state index is 13.0. The minimum absolute atomic E-state index is 0.0856. The third-order valence-electron chi connectivity index (χ3n) is 7.80. The SMILES string of the molecule is Cn1c(=O)n(C2CCC(=O)NC2=O)c2ccc(C3CCN(C(=O)C4CN(C(=O)OC(C)(C)C)C4)CC3)cc21. The van der Waals surface area contributed by atoms with E-state index < -0.39 is 17.6 Å². The molecule has 3 saturated heterocycles. The second-order valence-electron chi connectivity index (χ2n) is 11.6. The summed E-state index contributed by atoms with van der Waals surface area (Å²) in [6, 6.07) is 5.18. The summed E-state index contributed by atoms with van der Waals surface area (Å²) < 4.78 is 8.41. The van der Waals surface area contributed by atoms with E-state index in [2.05, 4.69) is 5.32 Å². The lowest BCUT2D eigenvalue weighted by molar-refractivity contribution is -0.141. The first-order valence-corrected chi connectivity index (χ1v) is 13.2. The van der Waals surface area contributed by atoms with E-state index in [1.807, 2.05) is 43.9 Å². The topological polar surface area (TPSA) is 123 Å². The highest BCUT2D eigenvalue weighted by Gasteiger charge is 2.40. The van der Waals surface area contributed by atoms with E-state index >= 15 is 0 Å². The average Bonchev–Trinajstić information content (AvgIpc) is 3.06. The zero-order valence-electron chi connectivity index (χ0n) is 22.4. The van der Waals surface area contributed by atoms with E-state index in [4.69, 9.17) is 4.74 Å². The number of likely N-dealkylation sites (tertiary alicyclic amines) is 2. The number of aryl methyl sites for hydroxylation is 1. The molecule has 38 heavy (non-hydrogen) atoms. The smallest absolute Gasteiger partial charge is 0.410 e. The van der Waals surface area contributed by atoms with Gasteiger partial charge in [-0.05, 0) is 63.6 Å². The summed E-state index contributed by atoms with van der Waals surface area (Å²) in [5, 5.41) is 2.33. The zero-order chi connectivity index (χ0) is 27.4. The highest BCUT2D eigenvalue weighted by molar-refractivity contribution is 6.00. The van der Waals surface area contributed by atoms with Crippen LogP contribution >= 0.6 is 0 Å². The molecule has 0 radical (unpaired) electrons. The number of imidazole rings is 1. The molecule has 11 nitrogen and oxygen atoms in total. The molecule has 3 fully saturated rings. The van der Waals surface area contributed by atoms with Crippen molar-refractivity contribution in [1.82, 2.24) is 24.3 Å². The van der Waals surface area contributed by atoms with Crippen molar-refractivity contribution in [2.24, 2.45) is 13.0 Å². The average molecular weight is 526 g/mol. The van der Waals surface area contributed by atoms with Gasteiger partial charge in [-0.15, -0.1) is 0 Å². The van der Waals surface area contributed by atoms with Crippen LogP contribution in [0.25, 0.3) is 11.0 Å². The van der Waals surface area contributed by atoms with Crippen LogP contribution in [0, 0.1) is 5.92 Å². The number of fused-ring (bicyclic) bond motifs is 1. The second kappa shape index (κ2) is 9.59. The van der Waals surface area contributed by atoms with Gasteiger partial charge in [-0.2, -0.15) is 0 Å². The van der Waals surface area contributed by atoms with Gasteiger partial charge in [0.05, 0.1) is 17.0 Å². The number of piperidine rings is 2. The monoisotopic (exact) mass is 525 g/mol. The molecule has 4 amide bonds. The summed E-state index contributed by atoms with van der Waals surface area (Å²) >= 11 is 0. The first-order chi connectivity index (χ1) is 17.9. The third-order valence-corrected chi connectivity index (χ3v) is 7.80. The van der Waals surface area contributed by atoms with Gasteiger partial charge in [-0.3, -0.25) is 28.8 Å². The van der Waals surface area contributed by atoms with Crippen LogP contribution in [-0.4, -0.2) is 74.5 Å². The summed E-state index contributed by atoms with van der Waals surface area (Å²) in [7, 11) is 1.69. The Labute approximate surface area is 220 Å². The molecule has 204 valence electrons. The van der Waals surface area contributed by atoms with Crippen molar-refractivity contribution in [2.75, 3.05) is 26.2 Å². The number of rotatable bonds is 3. The Morgan fingerprint density at radius 1 is 0.974 bits per heavy atom. The molecule has 0 aliphatic carbocycles. The molecule has 0 bridgehead atoms. The fourth-order valence-corrected chi connectivity index (χ4v) is 5.67. The highest BCUT2D eigenvalue weighted by Crippen LogP contribution is 2.32. The number of hydrogen-bond donors (Lipinski definition) is 1. The number of ether oxygens (including phenoxy) is 1. The number of nitrogens with one attached hydrogen (secondary N) is 1. The molecule has 1 aromatic carbocycles. The fraction of sp³-hybridized carbons (Fsp3) is 0.593. The fourth-order valence-electron chi connectivity index (χ4n) is 5.67. The van der Waals surface area contributed by atoms with Gasteiger partial charge in [0.1, 0.15) is 11.6 Å². The predicted molar refractivity (Wildman–Crippen MR) is 138 cm³/mol. The van der Waals surface area contributed by atoms with E-state index in [-0.39, 0.29) is 41.9 Å². The molecular weight excluding hydrogens is 490 g/mol. The first-order valence-electron chi connectivity index (χ1n) is 13.2. The van der Waals surface area contributed by atoms with Gasteiger partial charge in [0.2, 0.25) is 17.7 Å². The van der Waals surface area contributed by atoms with Crippen LogP contribution in [-0.2, 0) is 26.2 Å². The predicted octanol–water partition coefficient (Wildman–Crippen LogP) is 1.89. The normalized spacial score (nSPS) is 21.4. The Hall–Kier alpha value is -3.63. The third kappa shape index (κ3) is 4.81. The molecule has 5 rings (SSSR count). The molecule has 0 saturated carbocycles. The van der Waals surface area contributed by atoms with Gasteiger partial charge in [0.15, 0.2) is 0 Å². The zero-order valence-corrected chi connectivity index (χ0v) is 22.4. The highest BCUT2D eigenvalue weighted by atomic mass is 16.6. The summed E-state index contributed by atoms with van der Waals surface area (Å²) in [5.41, 5.74) is 1.67. The van der Waals surface area contributed by atoms with Gasteiger partial charge in [-0.1, -0.05) is 6.07 Å². The van der Waals surface area contributed by atoms with Gasteiger partial charge in [0.25, 0.3) is 0 Å². The van der Waals surface area contributed by atoms with Crippen LogP contribution in [0.5, 0.6) is 0 Å². The molecule has 1 unspecified atom stereocenters. The van der Waals surface area contributed by atoms with E-state index in [1.165, 1.54) is 4.57 Å². The van der Waals surface area contributed by atoms with Crippen LogP contribution in [0.3, 0.4) is 0 Å². The van der Waals surface area contributed by atoms with E-state index in [9.17, 15) is 24.0 Å². The van der Waals surface area contributed by atoms with Crippen LogP contribution in [0.15, 0.2) is 23.0 Å². The lowest BCUT2D eigenvalue weighted by atomic mass is 9.88. The molecule has 1 aromatic heterocycles. The maximum atomic E-state index is 13.0. The quantitative estimate of drug-likeness (QED) is 0.611. The minimum Gasteiger partial charge on any atom is -0.444 e. The molecule has 1 N–H and O–H groups in total. The number of aromatic nitrogens is 2. The number of carbonyl (C=O) groups is 4. The van der Waals surface area contributed by atoms with Gasteiger partial charge < -0.3 is 14.5 Å². The van der Waals surface area contributed by atoms with Crippen molar-refractivity contribution in [3.8, 4) is 0 Å². The van der Waals surface area contributed by atoms with E-state index in [0.29, 0.717) is 38.1 Å². The van der Waals surface area contributed by atoms with E-state index in [0.717, 1.165) is 23.9 Å². The summed E-state index contributed by atoms with van der Waals surface area (Å²) in [6.45, 7) is 7.53. The Morgan fingerprint density at radius 2 is 1.66 bits per heavy atom. The summed E-state index contributed by atoms with van der Waals surface area (Å²) in [6.07, 6.45) is 1.74. The van der Waals surface area contributed by atoms with Crippen LogP contribution < -0.4 is 11.0 Å². The lowest BCUT2D eigenvalue weighted by Crippen LogP contribution is -2.58. The van der Waals surface area contributed by atoms with Crippen LogP contribution in [0.1, 0.15) is 64.0 Å². The second-order valence-corrected chi connectivity index (χ2v) is 11.6. The molecule has 2 aromatic rings. The number of benzene rings is 1. The largest absolute Gasteiger partial charge is 0.444 e. The molecule has 11 heteroatoms. The molecule has 3 aliphatic rings. The van der Waals surface area contributed by atoms with Gasteiger partial charge in [-0.25, -0.2) is 9.59 Å². The van der Waals surface area contributed by atoms with Crippen molar-refractivity contribution in [3.05, 3.63) is 34.2 Å². The Kier molecular flexibility index (Phi) is 6.56. The van der Waals surface area contributed by atoms with Gasteiger partial charge in [0, 0.05) is 39.6 Å². The van der Waals surface area contributed by atoms with Crippen LogP contribution in [0.2, 0.25) is 0 Å². The number of carbonyl (C=O) groups excluding carboxylic acids is 4. The number of amides is 4. The Balaban J connectivity index is 1.22. The maximum Gasteiger partial charge on any atom is 0.410 e. The number of imide groups is 1. The lowest BCUT2D eigenvalue weighted by Gasteiger charge is -2.42. The van der Waals surface area contributed by atoms with Crippen molar-refractivity contribution >= 4 is 34.8 Å². The van der Waals surface area contributed by atoms with Crippen LogP contribution in [0.4, 0.5) is 4.79 Å². The van der Waals surface area contributed by atoms with Crippen molar-refractivity contribution in [3.63, 3.8) is 0 Å². The molecule has 1 atom stereocenters. The molecule has 0 spiro atoms. The van der Waals surface area contributed by atoms with Crippen molar-refractivity contribution < 1.29 is 23.9 Å². The standard InChI is InChI=1S/C27H35N5O6/c1-27(2,3)38-26(37)31-14-18(15-31)24(35)30-11-9-16(10-12-30)17-5-6-19-21(13-17)29(4)25(36)32(19)20-7-8-22(33)28-23(20)34/h5-6,13,16,18,20H,7-12,14-15H2,1-4H3,(H,28,33,34). The molecular formula is C27H35N5O6. The first kappa shape index (κ1) is 26.0. The van der Waals surface area contributed by atoms with Crippen molar-refractivity contribution in [1.29, 1.82) is 0 Å². The van der Waals surface area contributed by atoms with Crippen molar-refractivity contribution in [2.45, 2.75) is 64.0 Å². The molecule has 4 heterocycles. The minimum atomic E-state index is -0.707. The molecule has 3 aliphatic heterocycles. The van der Waals surface area contributed by atoms with Gasteiger partial charge >= 0.3 is 11.8 Å². The summed E-state index contributed by atoms with van der Waals surface area (Å²) in [4.78, 5) is 65.6. The number of hydrogen-bond acceptors (Lipinski definition) is 6. The Morgan fingerprint density at radius 3 is 2.29 bits per heavy atom. The Bertz CT molecular complexity index is 1350. The number of nitrogens with zero attached hydrogens (tertiary/aromatic N) is 4. The summed E-state index contributed by atoms with van der Waals surface area (Å²) in [5.74, 6) is -0.612. The van der Waals surface area contributed by atoms with E-state index in [1.54, 1.807) is 16.5 Å².